The van der Waals surface area contributed by atoms with Crippen LogP contribution in [0.2, 0.25) is 19.6 Å². The molecule has 152 valence electrons. The first-order valence-electron chi connectivity index (χ1n) is 10.5. The predicted molar refractivity (Wildman–Crippen MR) is 118 cm³/mol. The maximum Gasteiger partial charge on any atom is 0.311 e. The third kappa shape index (κ3) is 14.3. The van der Waals surface area contributed by atoms with Gasteiger partial charge in [0.25, 0.3) is 0 Å². The van der Waals surface area contributed by atoms with Gasteiger partial charge in [-0.1, -0.05) is 69.3 Å². The molecule has 0 aliphatic carbocycles. The van der Waals surface area contributed by atoms with E-state index in [0.29, 0.717) is 6.61 Å². The third-order valence-corrected chi connectivity index (χ3v) is 5.51. The zero-order valence-corrected chi connectivity index (χ0v) is 19.7. The number of unbranched alkanes of at least 4 members (excludes halogenated alkanes) is 4. The second kappa shape index (κ2) is 12.5. The van der Waals surface area contributed by atoms with Gasteiger partial charge in [-0.3, -0.25) is 4.79 Å². The summed E-state index contributed by atoms with van der Waals surface area (Å²) in [6, 6.07) is 0. The molecular formula is C23H44O2Si. The fraction of sp³-hybridized carbons (Fsp3) is 0.783. The van der Waals surface area contributed by atoms with Gasteiger partial charge in [-0.25, -0.2) is 0 Å². The molecule has 0 aliphatic rings. The van der Waals surface area contributed by atoms with E-state index in [0.717, 1.165) is 25.7 Å². The predicted octanol–water partition coefficient (Wildman–Crippen LogP) is 7.47. The van der Waals surface area contributed by atoms with Crippen molar-refractivity contribution >= 4 is 14.0 Å². The third-order valence-electron chi connectivity index (χ3n) is 4.24. The number of esters is 1. The Morgan fingerprint density at radius 2 is 1.62 bits per heavy atom. The number of allylic oxidation sites excluding steroid dienone is 2. The van der Waals surface area contributed by atoms with Crippen molar-refractivity contribution in [3.05, 3.63) is 23.4 Å². The van der Waals surface area contributed by atoms with E-state index in [-0.39, 0.29) is 5.97 Å². The van der Waals surface area contributed by atoms with Crippen LogP contribution in [0.3, 0.4) is 0 Å². The van der Waals surface area contributed by atoms with Crippen LogP contribution in [0.1, 0.15) is 85.5 Å². The average molecular weight is 381 g/mol. The molecule has 0 aromatic rings. The van der Waals surface area contributed by atoms with Gasteiger partial charge in [0.1, 0.15) is 0 Å². The fourth-order valence-electron chi connectivity index (χ4n) is 2.87. The highest BCUT2D eigenvalue weighted by molar-refractivity contribution is 6.81. The number of rotatable bonds is 13. The molecule has 0 amide bonds. The first-order valence-corrected chi connectivity index (χ1v) is 14.1. The Morgan fingerprint density at radius 1 is 1.00 bits per heavy atom. The summed E-state index contributed by atoms with van der Waals surface area (Å²) in [5.41, 5.74) is 5.10. The van der Waals surface area contributed by atoms with Gasteiger partial charge in [0.2, 0.25) is 0 Å². The SMILES string of the molecule is C=C(CCCCOC(=O)C(C)(C)C)C/C(=C/[Si](C)(C)C)CCCCCC. The quantitative estimate of drug-likeness (QED) is 0.143. The highest BCUT2D eigenvalue weighted by Crippen LogP contribution is 2.23. The smallest absolute Gasteiger partial charge is 0.311 e. The zero-order valence-electron chi connectivity index (χ0n) is 18.7. The minimum absolute atomic E-state index is 0.108. The summed E-state index contributed by atoms with van der Waals surface area (Å²) < 4.78 is 5.34. The Balaban J connectivity index is 4.24. The van der Waals surface area contributed by atoms with Gasteiger partial charge in [-0.15, -0.1) is 0 Å². The molecule has 0 heterocycles. The summed E-state index contributed by atoms with van der Waals surface area (Å²) in [4.78, 5) is 11.7. The maximum atomic E-state index is 11.7. The van der Waals surface area contributed by atoms with E-state index < -0.39 is 13.5 Å². The summed E-state index contributed by atoms with van der Waals surface area (Å²) in [7, 11) is -1.19. The molecule has 0 fully saturated rings. The highest BCUT2D eigenvalue weighted by Gasteiger charge is 2.22. The van der Waals surface area contributed by atoms with Crippen molar-refractivity contribution in [3.63, 3.8) is 0 Å². The van der Waals surface area contributed by atoms with Crippen molar-refractivity contribution < 1.29 is 9.53 Å². The lowest BCUT2D eigenvalue weighted by Crippen LogP contribution is -2.23. The Bertz CT molecular complexity index is 450. The van der Waals surface area contributed by atoms with Crippen LogP contribution in [0.4, 0.5) is 0 Å². The molecule has 0 saturated carbocycles. The average Bonchev–Trinajstić information content (AvgIpc) is 2.48. The molecule has 0 N–H and O–H groups in total. The fourth-order valence-corrected chi connectivity index (χ4v) is 4.34. The van der Waals surface area contributed by atoms with E-state index in [2.05, 4.69) is 38.8 Å². The van der Waals surface area contributed by atoms with E-state index >= 15 is 0 Å². The van der Waals surface area contributed by atoms with Crippen molar-refractivity contribution in [1.29, 1.82) is 0 Å². The Hall–Kier alpha value is -0.833. The van der Waals surface area contributed by atoms with Crippen LogP contribution in [0, 0.1) is 5.41 Å². The van der Waals surface area contributed by atoms with Crippen molar-refractivity contribution in [2.45, 2.75) is 105 Å². The maximum absolute atomic E-state index is 11.7. The van der Waals surface area contributed by atoms with E-state index in [9.17, 15) is 4.79 Å². The lowest BCUT2D eigenvalue weighted by Gasteiger charge is -2.17. The molecule has 2 nitrogen and oxygen atoms in total. The van der Waals surface area contributed by atoms with E-state index in [1.54, 1.807) is 5.57 Å². The zero-order chi connectivity index (χ0) is 20.2. The molecule has 0 unspecified atom stereocenters. The molecule has 0 spiro atoms. The number of hydrogen-bond donors (Lipinski definition) is 0. The molecular weight excluding hydrogens is 336 g/mol. The summed E-state index contributed by atoms with van der Waals surface area (Å²) >= 11 is 0. The standard InChI is InChI=1S/C23H44O2Si/c1-9-10-11-12-16-21(19-26(6,7)8)18-20(2)15-13-14-17-25-22(24)23(3,4)5/h19H,2,9-18H2,1,3-8H3/b21-19+. The molecule has 3 heteroatoms. The topological polar surface area (TPSA) is 26.3 Å². The Labute approximate surface area is 164 Å². The van der Waals surface area contributed by atoms with Crippen molar-refractivity contribution in [2.24, 2.45) is 5.41 Å². The number of carbonyl (C=O) groups is 1. The Kier molecular flexibility index (Phi) is 12.1. The van der Waals surface area contributed by atoms with Gasteiger partial charge in [-0.05, 0) is 59.3 Å². The van der Waals surface area contributed by atoms with Crippen molar-refractivity contribution in [3.8, 4) is 0 Å². The molecule has 0 aromatic heterocycles. The highest BCUT2D eigenvalue weighted by atomic mass is 28.3. The number of ether oxygens (including phenoxy) is 1. The van der Waals surface area contributed by atoms with Gasteiger partial charge in [0.15, 0.2) is 0 Å². The van der Waals surface area contributed by atoms with Crippen LogP contribution in [-0.2, 0) is 9.53 Å². The van der Waals surface area contributed by atoms with Crippen LogP contribution in [0.25, 0.3) is 0 Å². The van der Waals surface area contributed by atoms with Crippen LogP contribution >= 0.6 is 0 Å². The van der Waals surface area contributed by atoms with Gasteiger partial charge in [-0.2, -0.15) is 0 Å². The first kappa shape index (κ1) is 25.2. The van der Waals surface area contributed by atoms with Gasteiger partial charge in [0.05, 0.1) is 20.1 Å². The summed E-state index contributed by atoms with van der Waals surface area (Å²) in [5, 5.41) is 0. The minimum Gasteiger partial charge on any atom is -0.465 e. The summed E-state index contributed by atoms with van der Waals surface area (Å²) in [6.07, 6.45) is 10.6. The monoisotopic (exact) mass is 380 g/mol. The van der Waals surface area contributed by atoms with E-state index in [1.165, 1.54) is 37.7 Å². The number of hydrogen-bond acceptors (Lipinski definition) is 2. The van der Waals surface area contributed by atoms with E-state index in [4.69, 9.17) is 4.74 Å². The van der Waals surface area contributed by atoms with Crippen LogP contribution in [0.5, 0.6) is 0 Å². The second-order valence-corrected chi connectivity index (χ2v) is 14.8. The molecule has 0 bridgehead atoms. The molecule has 0 aliphatic heterocycles. The summed E-state index contributed by atoms with van der Waals surface area (Å²) in [6.45, 7) is 20.0. The largest absolute Gasteiger partial charge is 0.465 e. The minimum atomic E-state index is -1.19. The van der Waals surface area contributed by atoms with Crippen LogP contribution < -0.4 is 0 Å². The summed E-state index contributed by atoms with van der Waals surface area (Å²) in [5.74, 6) is -0.108. The van der Waals surface area contributed by atoms with E-state index in [1.807, 2.05) is 20.8 Å². The van der Waals surface area contributed by atoms with Gasteiger partial charge in [0, 0.05) is 0 Å². The van der Waals surface area contributed by atoms with Crippen LogP contribution in [0.15, 0.2) is 23.4 Å². The second-order valence-electron chi connectivity index (χ2n) is 9.75. The lowest BCUT2D eigenvalue weighted by molar-refractivity contribution is -0.153. The Morgan fingerprint density at radius 3 is 2.15 bits per heavy atom. The molecule has 0 radical (unpaired) electrons. The molecule has 26 heavy (non-hydrogen) atoms. The van der Waals surface area contributed by atoms with Gasteiger partial charge < -0.3 is 4.74 Å². The first-order chi connectivity index (χ1) is 12.0. The molecule has 0 aromatic carbocycles. The van der Waals surface area contributed by atoms with Crippen molar-refractivity contribution in [1.82, 2.24) is 0 Å². The van der Waals surface area contributed by atoms with Crippen molar-refractivity contribution in [2.75, 3.05) is 6.61 Å². The lowest BCUT2D eigenvalue weighted by atomic mass is 9.97. The normalized spacial score (nSPS) is 13.0. The van der Waals surface area contributed by atoms with Crippen LogP contribution in [-0.4, -0.2) is 20.7 Å². The van der Waals surface area contributed by atoms with Gasteiger partial charge >= 0.3 is 5.97 Å². The number of carbonyl (C=O) groups excluding carboxylic acids is 1. The molecule has 0 rings (SSSR count). The molecule has 0 atom stereocenters. The molecule has 0 saturated heterocycles.